The highest BCUT2D eigenvalue weighted by Gasteiger charge is 2.62. The van der Waals surface area contributed by atoms with Gasteiger partial charge in [-0.05, 0) is 43.9 Å². The van der Waals surface area contributed by atoms with E-state index in [0.717, 1.165) is 11.1 Å². The Bertz CT molecular complexity index is 2970. The monoisotopic (exact) mass is 1430 g/mol. The Labute approximate surface area is 575 Å². The van der Waals surface area contributed by atoms with Gasteiger partial charge in [0, 0.05) is 25.0 Å². The average Bonchev–Trinajstić information content (AvgIpc) is 1.48. The number of aliphatic hydroxyl groups excluding tert-OH is 11. The lowest BCUT2D eigenvalue weighted by Gasteiger charge is -2.51. The predicted octanol–water partition coefficient (Wildman–Crippen LogP) is -7.83. The van der Waals surface area contributed by atoms with Crippen LogP contribution in [-0.2, 0) is 74.8 Å². The Morgan fingerprint density at radius 1 is 0.550 bits per heavy atom. The smallest absolute Gasteiger partial charge is 0.410 e. The largest absolute Gasteiger partial charge is 0.445 e. The van der Waals surface area contributed by atoms with Gasteiger partial charge < -0.3 is 168 Å². The van der Waals surface area contributed by atoms with E-state index in [-0.39, 0.29) is 52.3 Å². The summed E-state index contributed by atoms with van der Waals surface area (Å²) in [6.07, 6.45) is -32.0. The Balaban J connectivity index is 0.000000249. The molecule has 26 N–H and O–H groups in total. The fraction of sp³-hybridized carbons (Fsp3) is 0.742. The van der Waals surface area contributed by atoms with Crippen molar-refractivity contribution in [1.29, 1.82) is 0 Å². The van der Waals surface area contributed by atoms with Gasteiger partial charge in [0.05, 0.1) is 61.7 Å². The summed E-state index contributed by atoms with van der Waals surface area (Å²) in [7, 11) is 3.00. The summed E-state index contributed by atoms with van der Waals surface area (Å²) in [5, 5.41) is 125. The van der Waals surface area contributed by atoms with Crippen LogP contribution < -0.4 is 50.4 Å². The first kappa shape index (κ1) is 78.6. The van der Waals surface area contributed by atoms with E-state index in [4.69, 9.17) is 96.0 Å². The van der Waals surface area contributed by atoms with Gasteiger partial charge in [0.1, 0.15) is 111 Å². The molecule has 7 heterocycles. The minimum Gasteiger partial charge on any atom is -0.445 e. The molecule has 38 heteroatoms. The van der Waals surface area contributed by atoms with E-state index in [1.54, 1.807) is 55.5 Å². The molecule has 18 unspecified atom stereocenters. The lowest BCUT2D eigenvalue weighted by atomic mass is 9.83. The molecular weight excluding hydrogens is 1330 g/mol. The molecule has 0 aromatic heterocycles. The Morgan fingerprint density at radius 3 is 1.69 bits per heavy atom. The SMILES string of the molecule is C.CC1C[C@@H]2OC(O[C@H]3OC(CO)[C@@H](N)[C@H](O)C3O)C3C(OC(=O)N3C)C2O[C@@H]1O[C@@H]1C(NC(=O)OCc2ccccc2)C[C@@H](NC(=O)OCc2ccccc2)C(O)[C@H]1O.CNC1C(O[C@H]2OC(CO)[C@@H](N=C(N)N)[C@H](O)C2O)O[C@H]2CC(N)[C@@H](O[C@@H]3C(N)C[C@@H](N)C(O)[C@H]3O)OC2C1O. The number of hydrogen-bond acceptors (Lipinski definition) is 33. The van der Waals surface area contributed by atoms with Gasteiger partial charge in [0.2, 0.25) is 0 Å². The van der Waals surface area contributed by atoms with Crippen molar-refractivity contribution in [2.45, 2.75) is 255 Å². The minimum atomic E-state index is -1.67. The van der Waals surface area contributed by atoms with E-state index in [1.807, 2.05) is 12.1 Å². The number of nitrogens with zero attached hydrogens (tertiary/aromatic N) is 2. The van der Waals surface area contributed by atoms with Crippen LogP contribution >= 0.6 is 0 Å². The number of alkyl carbamates (subject to hydrolysis) is 2. The number of aliphatic imine (C=N–C) groups is 1. The molecule has 34 atom stereocenters. The number of amides is 3. The van der Waals surface area contributed by atoms with Crippen LogP contribution in [0, 0.1) is 5.92 Å². The second-order valence-electron chi connectivity index (χ2n) is 26.3. The molecule has 2 aromatic rings. The number of aliphatic hydroxyl groups is 11. The van der Waals surface area contributed by atoms with Gasteiger partial charge in [-0.15, -0.1) is 0 Å². The molecule has 7 aliphatic heterocycles. The summed E-state index contributed by atoms with van der Waals surface area (Å²) in [6.45, 7) is 0.533. The zero-order valence-corrected chi connectivity index (χ0v) is 54.4. The molecule has 2 aliphatic carbocycles. The molecule has 38 nitrogen and oxygen atoms in total. The third-order valence-electron chi connectivity index (χ3n) is 19.4. The van der Waals surface area contributed by atoms with Crippen molar-refractivity contribution in [2.24, 2.45) is 45.3 Å². The van der Waals surface area contributed by atoms with Gasteiger partial charge in [0.25, 0.3) is 0 Å². The standard InChI is InChI=1S/C39H52N4O16.C22H43N7O11.CH4/c1-18-13-23-32(33-26(43(2)39(51)58-33)35(54-23)59-36-30(48)28(46)25(40)24(15-44)55-36)57-34(18)56-31-22(42-38(50)53-17-20-11-7-4-8-12-20)14-21(27(45)29(31)47)41-37(49)52-16-19-9-5-3-6-10-19;1-28-11-14(33)18-8(3-7(25)19(39-18)38-17-6(24)2-5(23)12(31)15(17)34)36-20(11)40-21-16(35)13(32)10(29-22(26)27)9(4-30)37-21;/h3-12,18,21-36,44-48H,13-17,40H2,1-2H3,(H,41,49)(H,42,50);5-21,28,30-35H,2-4,23-25H2,1H3,(H4,26,27,29);1H4/t18?,21-,22?,23+,24?,25-,26?,27?,28+,29-,30?,31-,32?,33?,34+,35?,36-;5-,6?,7?,8+,9?,10-,11?,12?,13+,14?,15-,16?,17-,18?,19+,20?,21-;/m11./s1. The number of carbonyl (C=O) groups excluding carboxylic acids is 3. The van der Waals surface area contributed by atoms with Crippen molar-refractivity contribution < 1.29 is 132 Å². The quantitative estimate of drug-likeness (QED) is 0.0374. The zero-order valence-electron chi connectivity index (χ0n) is 54.4. The molecular formula is C62H99N11O27. The summed E-state index contributed by atoms with van der Waals surface area (Å²) in [5.74, 6) is -0.842. The number of guanidine groups is 1. The van der Waals surface area contributed by atoms with E-state index >= 15 is 0 Å². The molecule has 100 heavy (non-hydrogen) atoms. The molecule has 564 valence electrons. The van der Waals surface area contributed by atoms with Crippen LogP contribution in [-0.4, -0.2) is 315 Å². The van der Waals surface area contributed by atoms with Crippen molar-refractivity contribution in [1.82, 2.24) is 20.9 Å². The molecule has 9 aliphatic rings. The van der Waals surface area contributed by atoms with E-state index in [1.165, 1.54) is 19.0 Å². The van der Waals surface area contributed by atoms with Gasteiger partial charge in [0.15, 0.2) is 49.8 Å². The second-order valence-corrected chi connectivity index (χ2v) is 26.3. The molecule has 11 rings (SSSR count). The molecule has 9 fully saturated rings. The zero-order chi connectivity index (χ0) is 71.4. The van der Waals surface area contributed by atoms with E-state index in [2.05, 4.69) is 20.9 Å². The number of carbonyl (C=O) groups is 3. The molecule has 2 aromatic carbocycles. The van der Waals surface area contributed by atoms with Gasteiger partial charge in [-0.25, -0.2) is 19.4 Å². The number of rotatable bonds is 18. The fourth-order valence-electron chi connectivity index (χ4n) is 13.9. The van der Waals surface area contributed by atoms with Gasteiger partial charge >= 0.3 is 18.3 Å². The minimum absolute atomic E-state index is 0. The fourth-order valence-corrected chi connectivity index (χ4v) is 13.9. The second kappa shape index (κ2) is 34.4. The number of hydrogen-bond donors (Lipinski definition) is 20. The Morgan fingerprint density at radius 2 is 1.09 bits per heavy atom. The molecule has 0 radical (unpaired) electrons. The summed E-state index contributed by atoms with van der Waals surface area (Å²) >= 11 is 0. The van der Waals surface area contributed by atoms with Crippen LogP contribution in [0.3, 0.4) is 0 Å². The topological polar surface area (TPSA) is 602 Å². The van der Waals surface area contributed by atoms with Gasteiger partial charge in [-0.2, -0.15) is 0 Å². The van der Waals surface area contributed by atoms with Crippen LogP contribution in [0.15, 0.2) is 65.7 Å². The van der Waals surface area contributed by atoms with Crippen LogP contribution in [0.2, 0.25) is 0 Å². The number of nitrogens with two attached hydrogens (primary N) is 6. The summed E-state index contributed by atoms with van der Waals surface area (Å²) in [5.41, 5.74) is 36.4. The van der Waals surface area contributed by atoms with Crippen molar-refractivity contribution in [3.05, 3.63) is 71.8 Å². The van der Waals surface area contributed by atoms with E-state index in [9.17, 15) is 70.6 Å². The number of benzene rings is 2. The normalized spacial score (nSPS) is 43.8. The maximum absolute atomic E-state index is 13.2. The van der Waals surface area contributed by atoms with Gasteiger partial charge in [-0.1, -0.05) is 75.0 Å². The third-order valence-corrected chi connectivity index (χ3v) is 19.4. The molecule has 7 saturated heterocycles. The first-order valence-electron chi connectivity index (χ1n) is 32.8. The third kappa shape index (κ3) is 17.5. The number of ether oxygens (including phenoxy) is 13. The maximum Gasteiger partial charge on any atom is 0.410 e. The number of nitrogens with one attached hydrogen (secondary N) is 3. The highest BCUT2D eigenvalue weighted by molar-refractivity contribution is 5.76. The molecule has 2 saturated carbocycles. The predicted molar refractivity (Wildman–Crippen MR) is 340 cm³/mol. The summed E-state index contributed by atoms with van der Waals surface area (Å²) in [4.78, 5) is 44.0. The highest BCUT2D eigenvalue weighted by Crippen LogP contribution is 2.43. The maximum atomic E-state index is 13.2. The molecule has 0 spiro atoms. The van der Waals surface area contributed by atoms with Gasteiger partial charge in [-0.3, -0.25) is 4.90 Å². The van der Waals surface area contributed by atoms with Crippen molar-refractivity contribution in [3.63, 3.8) is 0 Å². The lowest BCUT2D eigenvalue weighted by Crippen LogP contribution is -2.70. The number of likely N-dealkylation sites (N-methyl/N-ethyl adjacent to an activating group) is 2. The number of fused-ring (bicyclic) bond motifs is 4. The van der Waals surface area contributed by atoms with Crippen LogP contribution in [0.25, 0.3) is 0 Å². The highest BCUT2D eigenvalue weighted by atomic mass is 16.8. The summed E-state index contributed by atoms with van der Waals surface area (Å²) < 4.78 is 76.8. The first-order chi connectivity index (χ1) is 47.2. The van der Waals surface area contributed by atoms with E-state index in [0.29, 0.717) is 0 Å². The summed E-state index contributed by atoms with van der Waals surface area (Å²) in [6, 6.07) is 9.52. The van der Waals surface area contributed by atoms with Crippen molar-refractivity contribution in [2.75, 3.05) is 27.3 Å². The molecule has 0 bridgehead atoms. The van der Waals surface area contributed by atoms with Crippen molar-refractivity contribution >= 4 is 24.2 Å². The average molecular weight is 1430 g/mol. The first-order valence-corrected chi connectivity index (χ1v) is 32.8. The Kier molecular flexibility index (Phi) is 27.0. The van der Waals surface area contributed by atoms with Crippen molar-refractivity contribution in [3.8, 4) is 0 Å². The van der Waals surface area contributed by atoms with Crippen LogP contribution in [0.1, 0.15) is 51.2 Å². The molecule has 3 amide bonds. The van der Waals surface area contributed by atoms with Crippen LogP contribution in [0.4, 0.5) is 14.4 Å². The lowest BCUT2D eigenvalue weighted by molar-refractivity contribution is -0.375. The van der Waals surface area contributed by atoms with E-state index < -0.39 is 239 Å². The van der Waals surface area contributed by atoms with Crippen LogP contribution in [0.5, 0.6) is 0 Å². The Hall–Kier alpha value is -5.52.